The van der Waals surface area contributed by atoms with E-state index in [4.69, 9.17) is 0 Å². The van der Waals surface area contributed by atoms with E-state index in [1.165, 1.54) is 16.0 Å². The molecular formula is C17H29IN4OS. The molecule has 24 heavy (non-hydrogen) atoms. The van der Waals surface area contributed by atoms with Gasteiger partial charge >= 0.3 is 0 Å². The Kier molecular flexibility index (Phi) is 10.4. The Balaban J connectivity index is 0.00000529. The Bertz CT molecular complexity index is 570. The molecule has 0 saturated heterocycles. The smallest absolute Gasteiger partial charge is 0.239 e. The predicted octanol–water partition coefficient (Wildman–Crippen LogP) is 2.91. The van der Waals surface area contributed by atoms with Gasteiger partial charge in [-0.25, -0.2) is 0 Å². The summed E-state index contributed by atoms with van der Waals surface area (Å²) in [7, 11) is 1.70. The molecule has 3 N–H and O–H groups in total. The van der Waals surface area contributed by atoms with Gasteiger partial charge in [0.15, 0.2) is 5.96 Å². The van der Waals surface area contributed by atoms with Crippen LogP contribution < -0.4 is 16.0 Å². The largest absolute Gasteiger partial charge is 0.352 e. The van der Waals surface area contributed by atoms with Crippen molar-refractivity contribution in [3.8, 4) is 0 Å². The first-order chi connectivity index (χ1) is 10.7. The molecule has 0 aromatic heterocycles. The summed E-state index contributed by atoms with van der Waals surface area (Å²) in [4.78, 5) is 17.2. The number of nitrogens with zero attached hydrogens (tertiary/aromatic N) is 1. The number of aliphatic imine (C=N–C) groups is 1. The lowest BCUT2D eigenvalue weighted by Gasteiger charge is -2.21. The van der Waals surface area contributed by atoms with Gasteiger partial charge in [-0.2, -0.15) is 0 Å². The average molecular weight is 464 g/mol. The van der Waals surface area contributed by atoms with Crippen LogP contribution in [-0.4, -0.2) is 37.3 Å². The highest BCUT2D eigenvalue weighted by Gasteiger charge is 2.13. The van der Waals surface area contributed by atoms with Gasteiger partial charge in [0, 0.05) is 24.0 Å². The van der Waals surface area contributed by atoms with E-state index in [2.05, 4.69) is 52.3 Å². The molecule has 0 radical (unpaired) electrons. The fourth-order valence-corrected chi connectivity index (χ4v) is 2.73. The number of guanidine groups is 1. The van der Waals surface area contributed by atoms with Crippen LogP contribution in [0, 0.1) is 6.92 Å². The second kappa shape index (κ2) is 10.8. The number of nitrogens with one attached hydrogen (secondary N) is 3. The molecule has 1 aromatic carbocycles. The van der Waals surface area contributed by atoms with Crippen LogP contribution in [0.2, 0.25) is 0 Å². The van der Waals surface area contributed by atoms with Crippen molar-refractivity contribution < 1.29 is 4.79 Å². The maximum atomic E-state index is 11.8. The van der Waals surface area contributed by atoms with E-state index in [9.17, 15) is 4.79 Å². The van der Waals surface area contributed by atoms with E-state index in [1.54, 1.807) is 18.8 Å². The molecule has 5 nitrogen and oxygen atoms in total. The van der Waals surface area contributed by atoms with Crippen LogP contribution in [-0.2, 0) is 11.3 Å². The summed E-state index contributed by atoms with van der Waals surface area (Å²) in [6.07, 6.45) is 2.07. The molecule has 1 amide bonds. The van der Waals surface area contributed by atoms with Crippen LogP contribution in [0.25, 0.3) is 0 Å². The lowest BCUT2D eigenvalue weighted by atomic mass is 10.1. The Hall–Kier alpha value is -0.960. The van der Waals surface area contributed by atoms with E-state index in [-0.39, 0.29) is 42.0 Å². The van der Waals surface area contributed by atoms with Gasteiger partial charge in [-0.3, -0.25) is 9.79 Å². The topological polar surface area (TPSA) is 65.5 Å². The summed E-state index contributed by atoms with van der Waals surface area (Å²) in [6.45, 7) is 8.82. The Labute approximate surface area is 166 Å². The number of benzene rings is 1. The maximum absolute atomic E-state index is 11.8. The third-order valence-electron chi connectivity index (χ3n) is 3.04. The van der Waals surface area contributed by atoms with Gasteiger partial charge < -0.3 is 16.0 Å². The zero-order valence-electron chi connectivity index (χ0n) is 15.3. The monoisotopic (exact) mass is 464 g/mol. The number of carbonyl (C=O) groups excluding carboxylic acids is 1. The molecule has 0 fully saturated rings. The minimum atomic E-state index is -0.231. The molecule has 0 aliphatic rings. The SMILES string of the molecule is CN=C(NCC(=O)NC(C)(C)C)NCc1ccc(C)cc1SC.I. The molecule has 1 rings (SSSR count). The summed E-state index contributed by atoms with van der Waals surface area (Å²) in [6, 6.07) is 6.39. The van der Waals surface area contributed by atoms with Crippen molar-refractivity contribution in [2.45, 2.75) is 44.7 Å². The number of rotatable bonds is 5. The number of halogens is 1. The zero-order chi connectivity index (χ0) is 17.5. The predicted molar refractivity (Wildman–Crippen MR) is 114 cm³/mol. The van der Waals surface area contributed by atoms with Crippen LogP contribution in [0.4, 0.5) is 0 Å². The average Bonchev–Trinajstić information content (AvgIpc) is 2.46. The fourth-order valence-electron chi connectivity index (χ4n) is 2.02. The van der Waals surface area contributed by atoms with Gasteiger partial charge in [-0.1, -0.05) is 12.1 Å². The molecule has 136 valence electrons. The fraction of sp³-hybridized carbons (Fsp3) is 0.529. The summed E-state index contributed by atoms with van der Waals surface area (Å²) in [5, 5.41) is 9.18. The first kappa shape index (κ1) is 23.0. The molecular weight excluding hydrogens is 435 g/mol. The molecule has 1 aromatic rings. The van der Waals surface area contributed by atoms with Crippen molar-refractivity contribution in [1.29, 1.82) is 0 Å². The highest BCUT2D eigenvalue weighted by atomic mass is 127. The molecule has 0 spiro atoms. The van der Waals surface area contributed by atoms with E-state index < -0.39 is 0 Å². The minimum absolute atomic E-state index is 0. The second-order valence-electron chi connectivity index (χ2n) is 6.39. The first-order valence-corrected chi connectivity index (χ1v) is 8.86. The lowest BCUT2D eigenvalue weighted by Crippen LogP contribution is -2.48. The van der Waals surface area contributed by atoms with Crippen molar-refractivity contribution in [2.75, 3.05) is 19.8 Å². The maximum Gasteiger partial charge on any atom is 0.239 e. The minimum Gasteiger partial charge on any atom is -0.352 e. The van der Waals surface area contributed by atoms with E-state index in [0.29, 0.717) is 12.5 Å². The molecule has 0 atom stereocenters. The number of thioether (sulfide) groups is 1. The van der Waals surface area contributed by atoms with E-state index in [0.717, 1.165) is 0 Å². The highest BCUT2D eigenvalue weighted by molar-refractivity contribution is 14.0. The van der Waals surface area contributed by atoms with Gasteiger partial charge in [-0.05, 0) is 51.1 Å². The number of amides is 1. The van der Waals surface area contributed by atoms with Crippen LogP contribution in [0.1, 0.15) is 31.9 Å². The van der Waals surface area contributed by atoms with Crippen molar-refractivity contribution in [3.05, 3.63) is 29.3 Å². The van der Waals surface area contributed by atoms with Crippen LogP contribution in [0.3, 0.4) is 0 Å². The number of carbonyl (C=O) groups is 1. The van der Waals surface area contributed by atoms with E-state index in [1.807, 2.05) is 20.8 Å². The third-order valence-corrected chi connectivity index (χ3v) is 3.86. The molecule has 0 aliphatic carbocycles. The van der Waals surface area contributed by atoms with Gasteiger partial charge in [0.25, 0.3) is 0 Å². The quantitative estimate of drug-likeness (QED) is 0.272. The Morgan fingerprint density at radius 3 is 2.46 bits per heavy atom. The van der Waals surface area contributed by atoms with Crippen LogP contribution in [0.5, 0.6) is 0 Å². The van der Waals surface area contributed by atoms with Crippen LogP contribution in [0.15, 0.2) is 28.1 Å². The van der Waals surface area contributed by atoms with Crippen molar-refractivity contribution >= 4 is 47.6 Å². The standard InChI is InChI=1S/C17H28N4OS.HI/c1-12-7-8-13(14(9-12)23-6)10-19-16(18-5)20-11-15(22)21-17(2,3)4;/h7-9H,10-11H2,1-6H3,(H,21,22)(H2,18,19,20);1H. The van der Waals surface area contributed by atoms with Gasteiger partial charge in [0.2, 0.25) is 5.91 Å². The molecule has 7 heteroatoms. The van der Waals surface area contributed by atoms with Gasteiger partial charge in [0.05, 0.1) is 6.54 Å². The molecule has 0 heterocycles. The van der Waals surface area contributed by atoms with Crippen molar-refractivity contribution in [2.24, 2.45) is 4.99 Å². The summed E-state index contributed by atoms with van der Waals surface area (Å²) >= 11 is 1.73. The van der Waals surface area contributed by atoms with Gasteiger partial charge in [-0.15, -0.1) is 35.7 Å². The number of aryl methyl sites for hydroxylation is 1. The summed E-state index contributed by atoms with van der Waals surface area (Å²) in [5.74, 6) is 0.558. The van der Waals surface area contributed by atoms with Gasteiger partial charge in [0.1, 0.15) is 0 Å². The molecule has 0 aliphatic heterocycles. The number of hydrogen-bond acceptors (Lipinski definition) is 3. The molecule has 0 bridgehead atoms. The first-order valence-electron chi connectivity index (χ1n) is 7.64. The molecule has 0 saturated carbocycles. The molecule has 0 unspecified atom stereocenters. The highest BCUT2D eigenvalue weighted by Crippen LogP contribution is 2.21. The summed E-state index contributed by atoms with van der Waals surface area (Å²) < 4.78 is 0. The van der Waals surface area contributed by atoms with Crippen LogP contribution >= 0.6 is 35.7 Å². The van der Waals surface area contributed by atoms with Crippen molar-refractivity contribution in [3.63, 3.8) is 0 Å². The van der Waals surface area contributed by atoms with Crippen molar-refractivity contribution in [1.82, 2.24) is 16.0 Å². The lowest BCUT2D eigenvalue weighted by molar-refractivity contribution is -0.121. The Morgan fingerprint density at radius 2 is 1.92 bits per heavy atom. The number of hydrogen-bond donors (Lipinski definition) is 3. The normalized spacial score (nSPS) is 11.5. The summed E-state index contributed by atoms with van der Waals surface area (Å²) in [5.41, 5.74) is 2.23. The second-order valence-corrected chi connectivity index (χ2v) is 7.24. The zero-order valence-corrected chi connectivity index (χ0v) is 18.5. The Morgan fingerprint density at radius 1 is 1.25 bits per heavy atom. The van der Waals surface area contributed by atoms with E-state index >= 15 is 0 Å². The third kappa shape index (κ3) is 8.77.